The van der Waals surface area contributed by atoms with Crippen LogP contribution in [-0.4, -0.2) is 26.5 Å². The van der Waals surface area contributed by atoms with Gasteiger partial charge in [-0.25, -0.2) is 0 Å². The Morgan fingerprint density at radius 3 is 1.76 bits per heavy atom. The van der Waals surface area contributed by atoms with Crippen LogP contribution >= 0.6 is 7.94 Å². The van der Waals surface area contributed by atoms with E-state index in [1.54, 1.807) is 0 Å². The van der Waals surface area contributed by atoms with Gasteiger partial charge in [0.05, 0.1) is 0 Å². The number of rotatable bonds is 0. The topological polar surface area (TPSA) is 80.9 Å². The van der Waals surface area contributed by atoms with Crippen LogP contribution in [0.3, 0.4) is 0 Å². The van der Waals surface area contributed by atoms with Gasteiger partial charge in [-0.3, -0.25) is 0 Å². The highest BCUT2D eigenvalue weighted by Crippen LogP contribution is 2.38. The summed E-state index contributed by atoms with van der Waals surface area (Å²) >= 11 is 0. The molecule has 0 fully saturated rings. The summed E-state index contributed by atoms with van der Waals surface area (Å²) in [5.41, 5.74) is 1.99. The molecule has 0 aliphatic heterocycles. The molecule has 0 bridgehead atoms. The predicted molar refractivity (Wildman–Crippen MR) is 71.0 cm³/mol. The van der Waals surface area contributed by atoms with Gasteiger partial charge in [0, 0.05) is 0 Å². The summed E-state index contributed by atoms with van der Waals surface area (Å²) in [5.74, 6) is 0.435. The summed E-state index contributed by atoms with van der Waals surface area (Å²) in [6.45, 7) is 9.18. The van der Waals surface area contributed by atoms with E-state index in [0.29, 0.717) is 5.75 Å². The van der Waals surface area contributed by atoms with E-state index in [-0.39, 0.29) is 5.41 Å². The molecule has 0 aliphatic rings. The summed E-state index contributed by atoms with van der Waals surface area (Å²) in [5, 5.41) is 9.73. The fraction of sp³-hybridized carbons (Fsp3) is 0.500. The Kier molecular flexibility index (Phi) is 5.56. The summed E-state index contributed by atoms with van der Waals surface area (Å²) in [4.78, 5) is 23.2. The fourth-order valence-electron chi connectivity index (χ4n) is 1.26. The molecule has 98 valence electrons. The largest absolute Gasteiger partial charge is 0.507 e. The first-order valence-corrected chi connectivity index (χ1v) is 7.36. The first kappa shape index (κ1) is 16.3. The van der Waals surface area contributed by atoms with E-state index >= 15 is 0 Å². The highest BCUT2D eigenvalue weighted by molar-refractivity contribution is 7.57. The van der Waals surface area contributed by atoms with Gasteiger partial charge < -0.3 is 5.11 Å². The summed E-state index contributed by atoms with van der Waals surface area (Å²) < 4.78 is 0. The van der Waals surface area contributed by atoms with E-state index in [4.69, 9.17) is 14.7 Å². The van der Waals surface area contributed by atoms with Crippen LogP contribution in [0.5, 0.6) is 5.75 Å². The van der Waals surface area contributed by atoms with Gasteiger partial charge in [-0.1, -0.05) is 39.0 Å². The molecule has 0 radical (unpaired) electrons. The zero-order valence-electron chi connectivity index (χ0n) is 11.0. The normalized spacial score (nSPS) is 11.8. The maximum absolute atomic E-state index is 9.73. The van der Waals surface area contributed by atoms with Gasteiger partial charge in [-0.2, -0.15) is 14.7 Å². The zero-order valence-corrected chi connectivity index (χ0v) is 11.9. The molecule has 4 nitrogen and oxygen atoms in total. The van der Waals surface area contributed by atoms with Crippen molar-refractivity contribution in [2.45, 2.75) is 33.1 Å². The second-order valence-corrected chi connectivity index (χ2v) is 6.83. The molecule has 0 spiro atoms. The van der Waals surface area contributed by atoms with Crippen molar-refractivity contribution in [3.05, 3.63) is 29.3 Å². The van der Waals surface area contributed by atoms with Gasteiger partial charge >= 0.3 is 7.94 Å². The lowest BCUT2D eigenvalue weighted by Gasteiger charge is -2.20. The van der Waals surface area contributed by atoms with Gasteiger partial charge in [0.25, 0.3) is 0 Å². The molecule has 17 heavy (non-hydrogen) atoms. The average molecular weight is 261 g/mol. The van der Waals surface area contributed by atoms with Crippen LogP contribution in [0.2, 0.25) is 0 Å². The van der Waals surface area contributed by atoms with Crippen molar-refractivity contribution >= 4 is 7.94 Å². The summed E-state index contributed by atoms with van der Waals surface area (Å²) in [7, 11) is -3.39. The van der Waals surface area contributed by atoms with Gasteiger partial charge in [-0.15, -0.1) is 0 Å². The van der Waals surface area contributed by atoms with E-state index in [0.717, 1.165) is 17.8 Å². The monoisotopic (exact) mass is 261 g/mol. The van der Waals surface area contributed by atoms with Crippen molar-refractivity contribution in [2.24, 2.45) is 0 Å². The van der Waals surface area contributed by atoms with Crippen LogP contribution in [0.4, 0.5) is 0 Å². The molecule has 4 N–H and O–H groups in total. The maximum atomic E-state index is 9.73. The van der Waals surface area contributed by atoms with Crippen molar-refractivity contribution in [1.82, 2.24) is 0 Å². The average Bonchev–Trinajstić information content (AvgIpc) is 2.04. The van der Waals surface area contributed by atoms with Crippen LogP contribution in [0.1, 0.15) is 31.9 Å². The molecule has 0 saturated heterocycles. The van der Waals surface area contributed by atoms with Crippen LogP contribution in [-0.2, 0) is 5.41 Å². The molecule has 0 aliphatic carbocycles. The number of benzene rings is 1. The van der Waals surface area contributed by atoms with Crippen molar-refractivity contribution in [1.29, 1.82) is 0 Å². The highest BCUT2D eigenvalue weighted by atomic mass is 31.2. The van der Waals surface area contributed by atoms with E-state index < -0.39 is 7.94 Å². The predicted octanol–water partition coefficient (Wildman–Crippen LogP) is 2.35. The Hall–Kier alpha value is -0.670. The number of hydrogen-bond acceptors (Lipinski definition) is 4. The molecular weight excluding hydrogens is 239 g/mol. The third kappa shape index (κ3) is 7.29. The molecule has 0 heterocycles. The van der Waals surface area contributed by atoms with E-state index in [2.05, 4.69) is 20.8 Å². The number of hydrogen-bond donors (Lipinski definition) is 4. The molecular formula is C12H22O4P+. The van der Waals surface area contributed by atoms with Crippen LogP contribution in [0, 0.1) is 6.92 Å². The second kappa shape index (κ2) is 5.78. The molecule has 1 aromatic rings. The smallest absolute Gasteiger partial charge is 0.400 e. The standard InChI is InChI=1S/C11H16O.CH6O3P/c1-8-6-5-7-9(10(8)12)11(2,3)4;1-5(2,3)4/h5-7,12H,1-4H3;2-4H,1H3/q;+1. The zero-order chi connectivity index (χ0) is 13.9. The third-order valence-electron chi connectivity index (χ3n) is 2.05. The Balaban J connectivity index is 0.000000437. The molecule has 0 atom stereocenters. The van der Waals surface area contributed by atoms with Crippen molar-refractivity contribution in [2.75, 3.05) is 6.66 Å². The van der Waals surface area contributed by atoms with E-state index in [1.807, 2.05) is 25.1 Å². The van der Waals surface area contributed by atoms with Crippen LogP contribution in [0.15, 0.2) is 18.2 Å². The lowest BCUT2D eigenvalue weighted by molar-refractivity contribution is 0.340. The number of aromatic hydroxyl groups is 1. The van der Waals surface area contributed by atoms with Gasteiger partial charge in [0.2, 0.25) is 0 Å². The fourth-order valence-corrected chi connectivity index (χ4v) is 1.26. The van der Waals surface area contributed by atoms with E-state index in [1.165, 1.54) is 0 Å². The molecule has 5 heteroatoms. The third-order valence-corrected chi connectivity index (χ3v) is 2.05. The number of phenolic OH excluding ortho intramolecular Hbond substituents is 1. The first-order valence-electron chi connectivity index (χ1n) is 5.26. The van der Waals surface area contributed by atoms with Crippen molar-refractivity contribution in [3.8, 4) is 5.75 Å². The minimum absolute atomic E-state index is 0.0239. The Labute approximate surface area is 103 Å². The summed E-state index contributed by atoms with van der Waals surface area (Å²) in [6.07, 6.45) is 0. The molecule has 1 aromatic carbocycles. The quantitative estimate of drug-likeness (QED) is 0.540. The highest BCUT2D eigenvalue weighted by Gasteiger charge is 2.18. The summed E-state index contributed by atoms with van der Waals surface area (Å²) in [6, 6.07) is 5.88. The molecule has 0 unspecified atom stereocenters. The van der Waals surface area contributed by atoms with Crippen LogP contribution < -0.4 is 0 Å². The molecule has 0 aromatic heterocycles. The van der Waals surface area contributed by atoms with Gasteiger partial charge in [0.1, 0.15) is 12.4 Å². The van der Waals surface area contributed by atoms with Crippen LogP contribution in [0.25, 0.3) is 0 Å². The molecule has 1 rings (SSSR count). The Morgan fingerprint density at radius 2 is 1.47 bits per heavy atom. The minimum atomic E-state index is -3.39. The minimum Gasteiger partial charge on any atom is -0.507 e. The van der Waals surface area contributed by atoms with Gasteiger partial charge in [-0.05, 0) is 23.5 Å². The SMILES string of the molecule is C[P+](O)(O)O.Cc1cccc(C(C)(C)C)c1O. The molecule has 0 saturated carbocycles. The first-order chi connectivity index (χ1) is 7.43. The Bertz CT molecular complexity index is 358. The maximum Gasteiger partial charge on any atom is 0.400 e. The second-order valence-electron chi connectivity index (χ2n) is 5.09. The van der Waals surface area contributed by atoms with Crippen molar-refractivity contribution < 1.29 is 19.8 Å². The van der Waals surface area contributed by atoms with Crippen molar-refractivity contribution in [3.63, 3.8) is 0 Å². The number of aryl methyl sites for hydroxylation is 1. The lowest BCUT2D eigenvalue weighted by Crippen LogP contribution is -2.11. The van der Waals surface area contributed by atoms with Gasteiger partial charge in [0.15, 0.2) is 0 Å². The lowest BCUT2D eigenvalue weighted by atomic mass is 9.85. The Morgan fingerprint density at radius 1 is 1.06 bits per heavy atom. The van der Waals surface area contributed by atoms with E-state index in [9.17, 15) is 5.11 Å². The number of phenols is 1. The number of para-hydroxylation sites is 1. The molecule has 0 amide bonds.